The molecular weight excluding hydrogens is 328 g/mol. The largest absolute Gasteiger partial charge is 0.480 e. The molecule has 1 aromatic rings. The molecule has 0 aliphatic carbocycles. The van der Waals surface area contributed by atoms with Gasteiger partial charge < -0.3 is 14.7 Å². The van der Waals surface area contributed by atoms with E-state index in [2.05, 4.69) is 4.98 Å². The number of ether oxygens (including phenoxy) is 1. The van der Waals surface area contributed by atoms with Crippen LogP contribution in [0.2, 0.25) is 5.02 Å². The Labute approximate surface area is 137 Å². The summed E-state index contributed by atoms with van der Waals surface area (Å²) >= 11 is 6.09. The van der Waals surface area contributed by atoms with Crippen LogP contribution in [0.4, 0.5) is 11.5 Å². The Morgan fingerprint density at radius 2 is 2.43 bits per heavy atom. The van der Waals surface area contributed by atoms with E-state index in [1.165, 1.54) is 12.3 Å². The van der Waals surface area contributed by atoms with Crippen molar-refractivity contribution in [2.45, 2.75) is 6.10 Å². The molecule has 2 heterocycles. The Bertz CT molecular complexity index is 600. The summed E-state index contributed by atoms with van der Waals surface area (Å²) in [7, 11) is 1.70. The molecule has 10 heteroatoms. The first-order valence-electron chi connectivity index (χ1n) is 6.93. The second-order valence-corrected chi connectivity index (χ2v) is 5.69. The Balaban J connectivity index is 2.03. The van der Waals surface area contributed by atoms with E-state index in [4.69, 9.17) is 21.4 Å². The van der Waals surface area contributed by atoms with Gasteiger partial charge in [-0.1, -0.05) is 11.6 Å². The molecule has 2 rings (SSSR count). The molecule has 1 N–H and O–H groups in total. The number of carbonyl (C=O) groups is 1. The lowest BCUT2D eigenvalue weighted by atomic mass is 10.2. The standard InChI is InChI=1S/C13H17ClN4O5/c1-16(8-12(19)20)6-10-7-17(2-3-23-10)13-11(14)4-9(5-15-13)18(21)22/h4-5,10H,2-3,6-8H2,1H3,(H,19,20). The van der Waals surface area contributed by atoms with Crippen molar-refractivity contribution in [2.24, 2.45) is 0 Å². The van der Waals surface area contributed by atoms with E-state index in [0.717, 1.165) is 0 Å². The number of pyridine rings is 1. The van der Waals surface area contributed by atoms with Gasteiger partial charge in [0, 0.05) is 25.7 Å². The number of anilines is 1. The van der Waals surface area contributed by atoms with Gasteiger partial charge in [0.1, 0.15) is 12.0 Å². The van der Waals surface area contributed by atoms with Gasteiger partial charge >= 0.3 is 5.97 Å². The van der Waals surface area contributed by atoms with Crippen LogP contribution in [0, 0.1) is 10.1 Å². The Morgan fingerprint density at radius 1 is 1.70 bits per heavy atom. The number of nitro groups is 1. The van der Waals surface area contributed by atoms with E-state index >= 15 is 0 Å². The summed E-state index contributed by atoms with van der Waals surface area (Å²) in [5.74, 6) is -0.438. The molecule has 1 aliphatic heterocycles. The molecule has 1 saturated heterocycles. The molecule has 1 aromatic heterocycles. The first kappa shape index (κ1) is 17.4. The molecule has 1 unspecified atom stereocenters. The number of carboxylic acid groups (broad SMARTS) is 1. The lowest BCUT2D eigenvalue weighted by molar-refractivity contribution is -0.385. The summed E-state index contributed by atoms with van der Waals surface area (Å²) < 4.78 is 5.63. The zero-order valence-electron chi connectivity index (χ0n) is 12.5. The summed E-state index contributed by atoms with van der Waals surface area (Å²) in [6.07, 6.45) is 0.976. The van der Waals surface area contributed by atoms with Crippen molar-refractivity contribution in [3.05, 3.63) is 27.4 Å². The lowest BCUT2D eigenvalue weighted by Crippen LogP contribution is -2.48. The molecule has 1 atom stereocenters. The van der Waals surface area contributed by atoms with Crippen molar-refractivity contribution in [3.63, 3.8) is 0 Å². The molecular formula is C13H17ClN4O5. The number of carboxylic acids is 1. The molecule has 9 nitrogen and oxygen atoms in total. The average Bonchev–Trinajstić information content (AvgIpc) is 2.46. The highest BCUT2D eigenvalue weighted by molar-refractivity contribution is 6.33. The third-order valence-electron chi connectivity index (χ3n) is 3.38. The van der Waals surface area contributed by atoms with Gasteiger partial charge in [0.15, 0.2) is 0 Å². The van der Waals surface area contributed by atoms with Crippen molar-refractivity contribution in [3.8, 4) is 0 Å². The summed E-state index contributed by atoms with van der Waals surface area (Å²) in [4.78, 5) is 28.5. The first-order chi connectivity index (χ1) is 10.9. The molecule has 0 amide bonds. The number of halogens is 1. The van der Waals surface area contributed by atoms with Crippen LogP contribution in [-0.2, 0) is 9.53 Å². The topological polar surface area (TPSA) is 109 Å². The Hall–Kier alpha value is -1.97. The van der Waals surface area contributed by atoms with E-state index in [1.807, 2.05) is 4.90 Å². The second-order valence-electron chi connectivity index (χ2n) is 5.29. The van der Waals surface area contributed by atoms with Crippen molar-refractivity contribution in [2.75, 3.05) is 44.7 Å². The maximum atomic E-state index is 10.7. The monoisotopic (exact) mass is 344 g/mol. The third kappa shape index (κ3) is 4.75. The minimum atomic E-state index is -0.903. The van der Waals surface area contributed by atoms with Gasteiger partial charge in [-0.3, -0.25) is 19.8 Å². The molecule has 0 radical (unpaired) electrons. The fraction of sp³-hybridized carbons (Fsp3) is 0.538. The minimum absolute atomic E-state index is 0.0730. The number of aromatic nitrogens is 1. The van der Waals surface area contributed by atoms with E-state index < -0.39 is 10.9 Å². The molecule has 0 bridgehead atoms. The molecule has 1 aliphatic rings. The smallest absolute Gasteiger partial charge is 0.317 e. The first-order valence-corrected chi connectivity index (χ1v) is 7.31. The van der Waals surface area contributed by atoms with Gasteiger partial charge in [-0.25, -0.2) is 4.98 Å². The van der Waals surface area contributed by atoms with Crippen LogP contribution in [0.5, 0.6) is 0 Å². The molecule has 126 valence electrons. The number of rotatable bonds is 6. The zero-order valence-corrected chi connectivity index (χ0v) is 13.3. The molecule has 1 fully saturated rings. The van der Waals surface area contributed by atoms with Crippen molar-refractivity contribution >= 4 is 29.1 Å². The van der Waals surface area contributed by atoms with Gasteiger partial charge in [0.2, 0.25) is 0 Å². The van der Waals surface area contributed by atoms with E-state index in [-0.39, 0.29) is 23.4 Å². The van der Waals surface area contributed by atoms with E-state index in [0.29, 0.717) is 32.1 Å². The zero-order chi connectivity index (χ0) is 17.0. The number of hydrogen-bond donors (Lipinski definition) is 1. The van der Waals surface area contributed by atoms with Crippen LogP contribution in [0.3, 0.4) is 0 Å². The van der Waals surface area contributed by atoms with Gasteiger partial charge in [0.25, 0.3) is 5.69 Å². The Morgan fingerprint density at radius 3 is 3.04 bits per heavy atom. The van der Waals surface area contributed by atoms with Crippen LogP contribution >= 0.6 is 11.6 Å². The fourth-order valence-electron chi connectivity index (χ4n) is 2.42. The number of nitrogens with zero attached hydrogens (tertiary/aromatic N) is 4. The van der Waals surface area contributed by atoms with Crippen LogP contribution in [0.25, 0.3) is 0 Å². The highest BCUT2D eigenvalue weighted by Gasteiger charge is 2.25. The predicted molar refractivity (Wildman–Crippen MR) is 83.0 cm³/mol. The highest BCUT2D eigenvalue weighted by Crippen LogP contribution is 2.28. The van der Waals surface area contributed by atoms with Crippen LogP contribution in [0.1, 0.15) is 0 Å². The molecule has 0 saturated carbocycles. The molecule has 0 spiro atoms. The average molecular weight is 345 g/mol. The molecule has 23 heavy (non-hydrogen) atoms. The SMILES string of the molecule is CN(CC(=O)O)CC1CN(c2ncc([N+](=O)[O-])cc2Cl)CCO1. The third-order valence-corrected chi connectivity index (χ3v) is 3.66. The summed E-state index contributed by atoms with van der Waals surface area (Å²) in [6, 6.07) is 1.27. The maximum absolute atomic E-state index is 10.7. The van der Waals surface area contributed by atoms with Crippen LogP contribution in [-0.4, -0.2) is 71.8 Å². The van der Waals surface area contributed by atoms with Gasteiger partial charge in [0.05, 0.1) is 29.2 Å². The lowest BCUT2D eigenvalue weighted by Gasteiger charge is -2.35. The van der Waals surface area contributed by atoms with E-state index in [9.17, 15) is 14.9 Å². The van der Waals surface area contributed by atoms with Crippen LogP contribution < -0.4 is 4.90 Å². The quantitative estimate of drug-likeness (QED) is 0.598. The van der Waals surface area contributed by atoms with Gasteiger partial charge in [-0.05, 0) is 7.05 Å². The number of hydrogen-bond acceptors (Lipinski definition) is 7. The number of aliphatic carboxylic acids is 1. The van der Waals surface area contributed by atoms with Crippen molar-refractivity contribution in [1.29, 1.82) is 0 Å². The van der Waals surface area contributed by atoms with Gasteiger partial charge in [-0.15, -0.1) is 0 Å². The number of likely N-dealkylation sites (N-methyl/N-ethyl adjacent to an activating group) is 1. The summed E-state index contributed by atoms with van der Waals surface area (Å²) in [6.45, 7) is 1.86. The summed E-state index contributed by atoms with van der Waals surface area (Å²) in [5.41, 5.74) is -0.162. The fourth-order valence-corrected chi connectivity index (χ4v) is 2.70. The second kappa shape index (κ2) is 7.53. The normalized spacial score (nSPS) is 18.2. The highest BCUT2D eigenvalue weighted by atomic mass is 35.5. The van der Waals surface area contributed by atoms with Gasteiger partial charge in [-0.2, -0.15) is 0 Å². The Kier molecular flexibility index (Phi) is 5.69. The van der Waals surface area contributed by atoms with Crippen molar-refractivity contribution < 1.29 is 19.6 Å². The minimum Gasteiger partial charge on any atom is -0.480 e. The van der Waals surface area contributed by atoms with E-state index in [1.54, 1.807) is 11.9 Å². The maximum Gasteiger partial charge on any atom is 0.317 e. The van der Waals surface area contributed by atoms with Crippen molar-refractivity contribution in [1.82, 2.24) is 9.88 Å². The molecule has 0 aromatic carbocycles. The number of morpholine rings is 1. The predicted octanol–water partition coefficient (Wildman–Crippen LogP) is 0.865. The summed E-state index contributed by atoms with van der Waals surface area (Å²) in [5, 5.41) is 19.7. The van der Waals surface area contributed by atoms with Crippen LogP contribution in [0.15, 0.2) is 12.3 Å².